The largest absolute Gasteiger partial charge is 0.372 e. The molecule has 3 heterocycles. The van der Waals surface area contributed by atoms with Crippen LogP contribution >= 0.6 is 11.8 Å². The minimum atomic E-state index is 0.504. The standard InChI is InChI=1S/C12H17N5S/c1-13-10-7-17-5-4-14-12(17)11(16-10)15-9-3-2-6-18-8-9/h4-5,7,9,13H,2-3,6,8H2,1H3,(H,15,16). The molecule has 1 fully saturated rings. The lowest BCUT2D eigenvalue weighted by Gasteiger charge is -2.23. The molecule has 2 aromatic heterocycles. The van der Waals surface area contributed by atoms with Crippen molar-refractivity contribution in [2.24, 2.45) is 0 Å². The minimum Gasteiger partial charge on any atom is -0.372 e. The predicted molar refractivity (Wildman–Crippen MR) is 76.5 cm³/mol. The average Bonchev–Trinajstić information content (AvgIpc) is 2.88. The zero-order chi connectivity index (χ0) is 12.4. The number of fused-ring (bicyclic) bond motifs is 1. The second-order valence-electron chi connectivity index (χ2n) is 4.44. The van der Waals surface area contributed by atoms with Crippen LogP contribution in [0.4, 0.5) is 11.6 Å². The molecule has 3 rings (SSSR count). The highest BCUT2D eigenvalue weighted by molar-refractivity contribution is 7.99. The number of anilines is 2. The van der Waals surface area contributed by atoms with E-state index in [9.17, 15) is 0 Å². The Morgan fingerprint density at radius 1 is 1.50 bits per heavy atom. The molecule has 0 amide bonds. The fourth-order valence-corrected chi connectivity index (χ4v) is 3.27. The number of thioether (sulfide) groups is 1. The number of imidazole rings is 1. The van der Waals surface area contributed by atoms with Crippen LogP contribution in [0.15, 0.2) is 18.6 Å². The predicted octanol–water partition coefficient (Wildman–Crippen LogP) is 2.08. The van der Waals surface area contributed by atoms with Gasteiger partial charge < -0.3 is 15.0 Å². The molecule has 2 N–H and O–H groups in total. The van der Waals surface area contributed by atoms with Crippen molar-refractivity contribution in [3.8, 4) is 0 Å². The number of aromatic nitrogens is 3. The zero-order valence-electron chi connectivity index (χ0n) is 10.4. The molecule has 0 radical (unpaired) electrons. The van der Waals surface area contributed by atoms with Crippen LogP contribution in [0.2, 0.25) is 0 Å². The van der Waals surface area contributed by atoms with Gasteiger partial charge >= 0.3 is 0 Å². The van der Waals surface area contributed by atoms with Gasteiger partial charge in [0.25, 0.3) is 0 Å². The van der Waals surface area contributed by atoms with Crippen LogP contribution in [0.25, 0.3) is 5.65 Å². The van der Waals surface area contributed by atoms with E-state index in [1.807, 2.05) is 35.6 Å². The molecule has 1 saturated heterocycles. The molecule has 1 unspecified atom stereocenters. The number of rotatable bonds is 3. The Balaban J connectivity index is 1.91. The van der Waals surface area contributed by atoms with Crippen molar-refractivity contribution in [3.63, 3.8) is 0 Å². The van der Waals surface area contributed by atoms with E-state index >= 15 is 0 Å². The topological polar surface area (TPSA) is 54.2 Å². The molecule has 0 spiro atoms. The summed E-state index contributed by atoms with van der Waals surface area (Å²) in [7, 11) is 1.88. The molecule has 0 bridgehead atoms. The van der Waals surface area contributed by atoms with E-state index in [2.05, 4.69) is 20.6 Å². The lowest BCUT2D eigenvalue weighted by molar-refractivity contribution is 0.682. The van der Waals surface area contributed by atoms with Gasteiger partial charge in [-0.3, -0.25) is 0 Å². The minimum absolute atomic E-state index is 0.504. The van der Waals surface area contributed by atoms with Crippen LogP contribution in [0.1, 0.15) is 12.8 Å². The summed E-state index contributed by atoms with van der Waals surface area (Å²) in [6, 6.07) is 0.504. The highest BCUT2D eigenvalue weighted by atomic mass is 32.2. The Morgan fingerprint density at radius 2 is 2.44 bits per heavy atom. The summed E-state index contributed by atoms with van der Waals surface area (Å²) in [5.41, 5.74) is 0.893. The molecule has 1 aliphatic rings. The first-order chi connectivity index (χ1) is 8.86. The van der Waals surface area contributed by atoms with Crippen molar-refractivity contribution < 1.29 is 0 Å². The smallest absolute Gasteiger partial charge is 0.180 e. The molecule has 18 heavy (non-hydrogen) atoms. The van der Waals surface area contributed by atoms with E-state index in [4.69, 9.17) is 0 Å². The van der Waals surface area contributed by atoms with Crippen molar-refractivity contribution in [2.75, 3.05) is 29.2 Å². The van der Waals surface area contributed by atoms with Gasteiger partial charge in [-0.05, 0) is 18.6 Å². The van der Waals surface area contributed by atoms with E-state index in [1.165, 1.54) is 18.6 Å². The zero-order valence-corrected chi connectivity index (χ0v) is 11.2. The Hall–Kier alpha value is -1.43. The molecule has 0 aromatic carbocycles. The van der Waals surface area contributed by atoms with Crippen molar-refractivity contribution >= 4 is 29.0 Å². The maximum Gasteiger partial charge on any atom is 0.180 e. The number of nitrogens with one attached hydrogen (secondary N) is 2. The summed E-state index contributed by atoms with van der Waals surface area (Å²) < 4.78 is 2.00. The molecule has 1 atom stereocenters. The third-order valence-corrected chi connectivity index (χ3v) is 4.35. The first kappa shape index (κ1) is 11.6. The molecule has 0 saturated carbocycles. The van der Waals surface area contributed by atoms with Crippen molar-refractivity contribution in [3.05, 3.63) is 18.6 Å². The van der Waals surface area contributed by atoms with Crippen molar-refractivity contribution in [2.45, 2.75) is 18.9 Å². The molecule has 0 aliphatic carbocycles. The third-order valence-electron chi connectivity index (χ3n) is 3.13. The SMILES string of the molecule is CNc1cn2ccnc2c(NC2CCCSC2)n1. The van der Waals surface area contributed by atoms with E-state index in [1.54, 1.807) is 6.20 Å². The van der Waals surface area contributed by atoms with E-state index in [0.29, 0.717) is 6.04 Å². The summed E-state index contributed by atoms with van der Waals surface area (Å²) in [4.78, 5) is 8.93. The maximum absolute atomic E-state index is 4.57. The van der Waals surface area contributed by atoms with Crippen LogP contribution < -0.4 is 10.6 Å². The number of hydrogen-bond acceptors (Lipinski definition) is 5. The molecule has 2 aromatic rings. The second-order valence-corrected chi connectivity index (χ2v) is 5.59. The Bertz CT molecular complexity index is 532. The van der Waals surface area contributed by atoms with Gasteiger partial charge in [-0.2, -0.15) is 11.8 Å². The first-order valence-electron chi connectivity index (χ1n) is 6.22. The number of hydrogen-bond donors (Lipinski definition) is 2. The van der Waals surface area contributed by atoms with E-state index in [0.717, 1.165) is 23.0 Å². The fraction of sp³-hybridized carbons (Fsp3) is 0.500. The van der Waals surface area contributed by atoms with Gasteiger partial charge in [-0.25, -0.2) is 9.97 Å². The van der Waals surface area contributed by atoms with Gasteiger partial charge in [0, 0.05) is 31.2 Å². The lowest BCUT2D eigenvalue weighted by atomic mass is 10.2. The van der Waals surface area contributed by atoms with Gasteiger partial charge in [-0.15, -0.1) is 0 Å². The highest BCUT2D eigenvalue weighted by Gasteiger charge is 2.16. The Labute approximate surface area is 110 Å². The van der Waals surface area contributed by atoms with E-state index in [-0.39, 0.29) is 0 Å². The molecular weight excluding hydrogens is 246 g/mol. The summed E-state index contributed by atoms with van der Waals surface area (Å²) in [6.45, 7) is 0. The summed E-state index contributed by atoms with van der Waals surface area (Å²) in [5, 5.41) is 6.61. The van der Waals surface area contributed by atoms with Crippen LogP contribution in [0.3, 0.4) is 0 Å². The summed E-state index contributed by atoms with van der Waals surface area (Å²) in [5.74, 6) is 4.16. The third kappa shape index (κ3) is 2.25. The maximum atomic E-state index is 4.57. The quantitative estimate of drug-likeness (QED) is 0.888. The molecule has 96 valence electrons. The van der Waals surface area contributed by atoms with Crippen LogP contribution in [0, 0.1) is 0 Å². The fourth-order valence-electron chi connectivity index (χ4n) is 2.20. The van der Waals surface area contributed by atoms with Gasteiger partial charge in [-0.1, -0.05) is 0 Å². The first-order valence-corrected chi connectivity index (χ1v) is 7.38. The van der Waals surface area contributed by atoms with E-state index < -0.39 is 0 Å². The van der Waals surface area contributed by atoms with Crippen molar-refractivity contribution in [1.82, 2.24) is 14.4 Å². The van der Waals surface area contributed by atoms with Crippen LogP contribution in [0.5, 0.6) is 0 Å². The van der Waals surface area contributed by atoms with Gasteiger partial charge in [0.15, 0.2) is 11.5 Å². The Morgan fingerprint density at radius 3 is 3.22 bits per heavy atom. The van der Waals surface area contributed by atoms with Gasteiger partial charge in [0.05, 0.1) is 6.20 Å². The monoisotopic (exact) mass is 263 g/mol. The normalized spacial score (nSPS) is 19.9. The summed E-state index contributed by atoms with van der Waals surface area (Å²) in [6.07, 6.45) is 8.18. The molecule has 1 aliphatic heterocycles. The Kier molecular flexibility index (Phi) is 3.27. The molecule has 6 heteroatoms. The second kappa shape index (κ2) is 5.06. The highest BCUT2D eigenvalue weighted by Crippen LogP contribution is 2.23. The van der Waals surface area contributed by atoms with Gasteiger partial charge in [0.2, 0.25) is 0 Å². The lowest BCUT2D eigenvalue weighted by Crippen LogP contribution is -2.26. The van der Waals surface area contributed by atoms with Crippen LogP contribution in [-0.2, 0) is 0 Å². The van der Waals surface area contributed by atoms with Crippen molar-refractivity contribution in [1.29, 1.82) is 0 Å². The molecule has 5 nitrogen and oxygen atoms in total. The summed E-state index contributed by atoms with van der Waals surface area (Å²) >= 11 is 2.01. The molecular formula is C12H17N5S. The number of nitrogens with zero attached hydrogens (tertiary/aromatic N) is 3. The average molecular weight is 263 g/mol. The van der Waals surface area contributed by atoms with Gasteiger partial charge in [0.1, 0.15) is 5.82 Å². The van der Waals surface area contributed by atoms with Crippen LogP contribution in [-0.4, -0.2) is 39.0 Å².